The minimum absolute atomic E-state index is 0.0496. The van der Waals surface area contributed by atoms with E-state index in [4.69, 9.17) is 0 Å². The Balaban J connectivity index is 1.86. The van der Waals surface area contributed by atoms with Crippen molar-refractivity contribution in [2.45, 2.75) is 51.3 Å². The van der Waals surface area contributed by atoms with Gasteiger partial charge in [0.05, 0.1) is 5.92 Å². The first-order valence-corrected chi connectivity index (χ1v) is 11.0. The minimum atomic E-state index is -0.658. The predicted molar refractivity (Wildman–Crippen MR) is 117 cm³/mol. The van der Waals surface area contributed by atoms with E-state index in [1.807, 2.05) is 0 Å². The quantitative estimate of drug-likeness (QED) is 0.676. The lowest BCUT2D eigenvalue weighted by Crippen LogP contribution is -2.48. The molecule has 31 heavy (non-hydrogen) atoms. The molecule has 168 valence electrons. The molecule has 1 N–H and O–H groups in total. The molecule has 1 fully saturated rings. The smallest absolute Gasteiger partial charge is 0.234 e. The Morgan fingerprint density at radius 2 is 1.58 bits per heavy atom. The highest BCUT2D eigenvalue weighted by molar-refractivity contribution is 5.87. The molecule has 0 bridgehead atoms. The molecular weight excluding hydrogens is 398 g/mol. The van der Waals surface area contributed by atoms with Gasteiger partial charge in [0.25, 0.3) is 0 Å². The van der Waals surface area contributed by atoms with Gasteiger partial charge in [-0.2, -0.15) is 0 Å². The molecule has 0 aliphatic carbocycles. The molecule has 2 aromatic rings. The molecule has 3 rings (SSSR count). The maximum absolute atomic E-state index is 13.6. The first kappa shape index (κ1) is 23.4. The van der Waals surface area contributed by atoms with Crippen LogP contribution in [0.3, 0.4) is 0 Å². The van der Waals surface area contributed by atoms with Gasteiger partial charge in [-0.25, -0.2) is 8.78 Å². The van der Waals surface area contributed by atoms with Crippen LogP contribution < -0.4 is 0 Å². The summed E-state index contributed by atoms with van der Waals surface area (Å²) in [5.41, 5.74) is 1.32. The van der Waals surface area contributed by atoms with Crippen molar-refractivity contribution in [3.8, 4) is 0 Å². The summed E-state index contributed by atoms with van der Waals surface area (Å²) in [6.07, 6.45) is 2.09. The highest BCUT2D eigenvalue weighted by atomic mass is 19.1. The maximum atomic E-state index is 13.6. The molecule has 0 aromatic heterocycles. The number of aliphatic hydroxyl groups is 1. The van der Waals surface area contributed by atoms with Gasteiger partial charge in [-0.15, -0.1) is 0 Å². The summed E-state index contributed by atoms with van der Waals surface area (Å²) in [7, 11) is 1.76. The van der Waals surface area contributed by atoms with Crippen LogP contribution in [0.1, 0.15) is 50.2 Å². The van der Waals surface area contributed by atoms with E-state index in [1.54, 1.807) is 36.2 Å². The van der Waals surface area contributed by atoms with E-state index in [9.17, 15) is 18.7 Å². The first-order valence-electron chi connectivity index (χ1n) is 11.0. The topological polar surface area (TPSA) is 43.8 Å². The van der Waals surface area contributed by atoms with Crippen LogP contribution in [0.4, 0.5) is 8.78 Å². The number of hydrogen-bond acceptors (Lipinski definition) is 3. The van der Waals surface area contributed by atoms with Gasteiger partial charge in [-0.3, -0.25) is 9.69 Å². The number of nitrogens with zero attached hydrogens (tertiary/aromatic N) is 2. The molecule has 1 amide bonds. The largest absolute Gasteiger partial charge is 0.378 e. The second-order valence-corrected chi connectivity index (χ2v) is 8.90. The Morgan fingerprint density at radius 1 is 1.06 bits per heavy atom. The number of amides is 1. The summed E-state index contributed by atoms with van der Waals surface area (Å²) in [4.78, 5) is 17.4. The predicted octanol–water partition coefficient (Wildman–Crippen LogP) is 4.38. The van der Waals surface area contributed by atoms with Crippen molar-refractivity contribution in [3.05, 3.63) is 71.3 Å². The number of benzene rings is 2. The molecule has 0 spiro atoms. The number of hydrogen-bond donors (Lipinski definition) is 1. The number of carbonyl (C=O) groups excluding carboxylic acids is 1. The van der Waals surface area contributed by atoms with Crippen LogP contribution in [-0.4, -0.2) is 53.2 Å². The SMILES string of the molecule is CC(C)CC(CN(C)C(=O)C(c1ccc(F)cc1)c1ccc(F)cc1)N1CCCC1O. The normalized spacial score (nSPS) is 18.0. The molecule has 1 aliphatic rings. The summed E-state index contributed by atoms with van der Waals surface area (Å²) in [5, 5.41) is 10.4. The lowest BCUT2D eigenvalue weighted by atomic mass is 9.89. The fourth-order valence-corrected chi connectivity index (χ4v) is 4.47. The molecule has 2 atom stereocenters. The van der Waals surface area contributed by atoms with Crippen LogP contribution in [0.25, 0.3) is 0 Å². The third-order valence-corrected chi connectivity index (χ3v) is 5.99. The molecule has 0 radical (unpaired) electrons. The van der Waals surface area contributed by atoms with Gasteiger partial charge in [0.1, 0.15) is 17.9 Å². The Morgan fingerprint density at radius 3 is 2.00 bits per heavy atom. The molecule has 1 aliphatic heterocycles. The molecule has 1 heterocycles. The van der Waals surface area contributed by atoms with E-state index in [-0.39, 0.29) is 23.6 Å². The average molecular weight is 431 g/mol. The van der Waals surface area contributed by atoms with Crippen molar-refractivity contribution in [2.24, 2.45) is 5.92 Å². The van der Waals surface area contributed by atoms with E-state index in [0.717, 1.165) is 25.8 Å². The van der Waals surface area contributed by atoms with Crippen molar-refractivity contribution < 1.29 is 18.7 Å². The summed E-state index contributed by atoms with van der Waals surface area (Å²) < 4.78 is 27.0. The molecule has 4 nitrogen and oxygen atoms in total. The lowest BCUT2D eigenvalue weighted by molar-refractivity contribution is -0.132. The van der Waals surface area contributed by atoms with Crippen molar-refractivity contribution in [3.63, 3.8) is 0 Å². The summed E-state index contributed by atoms with van der Waals surface area (Å²) >= 11 is 0. The molecular formula is C25H32F2N2O2. The van der Waals surface area contributed by atoms with Crippen LogP contribution in [0.2, 0.25) is 0 Å². The van der Waals surface area contributed by atoms with E-state index in [0.29, 0.717) is 23.6 Å². The van der Waals surface area contributed by atoms with Crippen LogP contribution in [0, 0.1) is 17.6 Å². The summed E-state index contributed by atoms with van der Waals surface area (Å²) in [5.74, 6) is -1.12. The number of likely N-dealkylation sites (tertiary alicyclic amines) is 1. The minimum Gasteiger partial charge on any atom is -0.378 e. The van der Waals surface area contributed by atoms with Crippen LogP contribution >= 0.6 is 0 Å². The molecule has 6 heteroatoms. The zero-order valence-electron chi connectivity index (χ0n) is 18.5. The van der Waals surface area contributed by atoms with Gasteiger partial charge in [0.15, 0.2) is 0 Å². The monoisotopic (exact) mass is 430 g/mol. The highest BCUT2D eigenvalue weighted by Gasteiger charge is 2.33. The standard InChI is InChI=1S/C25H32F2N2O2/c1-17(2)15-22(29-14-4-5-23(29)30)16-28(3)25(31)24(18-6-10-20(26)11-7-18)19-8-12-21(27)13-9-19/h6-13,17,22-24,30H,4-5,14-16H2,1-3H3. The van der Waals surface area contributed by atoms with Gasteiger partial charge >= 0.3 is 0 Å². The van der Waals surface area contributed by atoms with E-state index in [1.165, 1.54) is 24.3 Å². The number of carbonyl (C=O) groups is 1. The molecule has 2 aromatic carbocycles. The maximum Gasteiger partial charge on any atom is 0.234 e. The van der Waals surface area contributed by atoms with Crippen LogP contribution in [0.15, 0.2) is 48.5 Å². The van der Waals surface area contributed by atoms with E-state index < -0.39 is 12.1 Å². The summed E-state index contributed by atoms with van der Waals surface area (Å²) in [6, 6.07) is 11.8. The van der Waals surface area contributed by atoms with E-state index in [2.05, 4.69) is 18.7 Å². The fourth-order valence-electron chi connectivity index (χ4n) is 4.47. The van der Waals surface area contributed by atoms with Crippen LogP contribution in [-0.2, 0) is 4.79 Å². The third kappa shape index (κ3) is 5.89. The Bertz CT molecular complexity index is 809. The number of aliphatic hydroxyl groups excluding tert-OH is 1. The third-order valence-electron chi connectivity index (χ3n) is 5.99. The van der Waals surface area contributed by atoms with Gasteiger partial charge < -0.3 is 10.0 Å². The second kappa shape index (κ2) is 10.3. The zero-order valence-corrected chi connectivity index (χ0v) is 18.5. The van der Waals surface area contributed by atoms with Crippen molar-refractivity contribution in [1.29, 1.82) is 0 Å². The van der Waals surface area contributed by atoms with Crippen LogP contribution in [0.5, 0.6) is 0 Å². The molecule has 1 saturated heterocycles. The zero-order chi connectivity index (χ0) is 22.5. The summed E-state index contributed by atoms with van der Waals surface area (Å²) in [6.45, 7) is 5.57. The van der Waals surface area contributed by atoms with Gasteiger partial charge in [0, 0.05) is 26.2 Å². The van der Waals surface area contributed by atoms with Gasteiger partial charge in [-0.1, -0.05) is 38.1 Å². The van der Waals surface area contributed by atoms with Crippen molar-refractivity contribution in [1.82, 2.24) is 9.80 Å². The van der Waals surface area contributed by atoms with Crippen molar-refractivity contribution in [2.75, 3.05) is 20.1 Å². The van der Waals surface area contributed by atoms with Crippen molar-refractivity contribution >= 4 is 5.91 Å². The lowest BCUT2D eigenvalue weighted by Gasteiger charge is -2.35. The number of rotatable bonds is 8. The van der Waals surface area contributed by atoms with Gasteiger partial charge in [-0.05, 0) is 60.6 Å². The van der Waals surface area contributed by atoms with E-state index >= 15 is 0 Å². The Hall–Kier alpha value is -2.31. The Kier molecular flexibility index (Phi) is 7.79. The Labute approximate surface area is 183 Å². The average Bonchev–Trinajstić information content (AvgIpc) is 3.16. The molecule has 0 saturated carbocycles. The number of likely N-dealkylation sites (N-methyl/N-ethyl adjacent to an activating group) is 1. The van der Waals surface area contributed by atoms with Gasteiger partial charge in [0.2, 0.25) is 5.91 Å². The molecule has 2 unspecified atom stereocenters. The second-order valence-electron chi connectivity index (χ2n) is 8.90. The fraction of sp³-hybridized carbons (Fsp3) is 0.480. The number of halogens is 2. The first-order chi connectivity index (χ1) is 14.8. The highest BCUT2D eigenvalue weighted by Crippen LogP contribution is 2.29.